The van der Waals surface area contributed by atoms with Gasteiger partial charge in [0, 0.05) is 25.7 Å². The molecule has 6 heteroatoms. The molecule has 108 valence electrons. The number of hydrogen-bond donors (Lipinski definition) is 2. The van der Waals surface area contributed by atoms with Gasteiger partial charge >= 0.3 is 0 Å². The molecule has 1 fully saturated rings. The topological polar surface area (TPSA) is 75.4 Å². The molecule has 0 saturated heterocycles. The molecule has 1 rings (SSSR count). The van der Waals surface area contributed by atoms with E-state index in [9.17, 15) is 8.42 Å². The van der Waals surface area contributed by atoms with Crippen LogP contribution in [-0.4, -0.2) is 38.4 Å². The summed E-state index contributed by atoms with van der Waals surface area (Å²) in [5.41, 5.74) is 5.47. The fourth-order valence-electron chi connectivity index (χ4n) is 2.48. The number of likely N-dealkylation sites (N-methyl/N-ethyl adjacent to an activating group) is 1. The maximum atomic E-state index is 12.3. The first-order valence-electron chi connectivity index (χ1n) is 6.78. The maximum absolute atomic E-state index is 12.3. The molecule has 1 aliphatic rings. The average molecular weight is 277 g/mol. The van der Waals surface area contributed by atoms with Crippen LogP contribution >= 0.6 is 0 Å². The van der Waals surface area contributed by atoms with Crippen LogP contribution in [0, 0.1) is 5.92 Å². The van der Waals surface area contributed by atoms with E-state index in [1.165, 1.54) is 10.7 Å². The predicted octanol–water partition coefficient (Wildman–Crippen LogP) is 1.07. The van der Waals surface area contributed by atoms with Crippen molar-refractivity contribution in [1.29, 1.82) is 0 Å². The Bertz CT molecular complexity index is 348. The van der Waals surface area contributed by atoms with Gasteiger partial charge in [-0.2, -0.15) is 12.7 Å². The molecule has 0 aliphatic heterocycles. The normalized spacial score (nSPS) is 20.6. The smallest absolute Gasteiger partial charge is 0.279 e. The van der Waals surface area contributed by atoms with Gasteiger partial charge in [0.05, 0.1) is 0 Å². The molecule has 5 nitrogen and oxygen atoms in total. The first kappa shape index (κ1) is 15.9. The largest absolute Gasteiger partial charge is 0.329 e. The third-order valence-corrected chi connectivity index (χ3v) is 5.51. The van der Waals surface area contributed by atoms with Gasteiger partial charge in [-0.1, -0.05) is 33.1 Å². The zero-order valence-electron chi connectivity index (χ0n) is 11.8. The molecule has 1 aliphatic carbocycles. The molecule has 0 aromatic carbocycles. The van der Waals surface area contributed by atoms with E-state index in [4.69, 9.17) is 5.73 Å². The van der Waals surface area contributed by atoms with Gasteiger partial charge in [-0.05, 0) is 18.8 Å². The minimum Gasteiger partial charge on any atom is -0.329 e. The van der Waals surface area contributed by atoms with Gasteiger partial charge < -0.3 is 5.73 Å². The van der Waals surface area contributed by atoms with Crippen molar-refractivity contribution in [3.05, 3.63) is 0 Å². The van der Waals surface area contributed by atoms with Crippen molar-refractivity contribution in [2.75, 3.05) is 20.1 Å². The van der Waals surface area contributed by atoms with Gasteiger partial charge in [-0.15, -0.1) is 0 Å². The van der Waals surface area contributed by atoms with E-state index >= 15 is 0 Å². The van der Waals surface area contributed by atoms with Gasteiger partial charge in [0.25, 0.3) is 10.2 Å². The lowest BCUT2D eigenvalue weighted by Gasteiger charge is -2.42. The van der Waals surface area contributed by atoms with Crippen LogP contribution in [0.25, 0.3) is 0 Å². The molecule has 0 unspecified atom stereocenters. The Hall–Kier alpha value is -0.170. The summed E-state index contributed by atoms with van der Waals surface area (Å²) in [6, 6.07) is 0. The molecule has 0 radical (unpaired) electrons. The van der Waals surface area contributed by atoms with Crippen LogP contribution in [0.15, 0.2) is 0 Å². The Balaban J connectivity index is 2.79. The van der Waals surface area contributed by atoms with Gasteiger partial charge in [-0.25, -0.2) is 4.72 Å². The monoisotopic (exact) mass is 277 g/mol. The fraction of sp³-hybridized carbons (Fsp3) is 1.00. The van der Waals surface area contributed by atoms with Gasteiger partial charge in [0.2, 0.25) is 0 Å². The van der Waals surface area contributed by atoms with Crippen molar-refractivity contribution in [1.82, 2.24) is 9.03 Å². The van der Waals surface area contributed by atoms with E-state index in [1.807, 2.05) is 13.8 Å². The van der Waals surface area contributed by atoms with Crippen molar-refractivity contribution < 1.29 is 8.42 Å². The highest BCUT2D eigenvalue weighted by atomic mass is 32.2. The molecule has 0 aromatic rings. The summed E-state index contributed by atoms with van der Waals surface area (Å²) >= 11 is 0. The second-order valence-electron chi connectivity index (χ2n) is 5.70. The minimum absolute atomic E-state index is 0.299. The molecule has 0 amide bonds. The van der Waals surface area contributed by atoms with Crippen LogP contribution in [0.1, 0.15) is 46.0 Å². The Kier molecular flexibility index (Phi) is 5.58. The molecule has 0 heterocycles. The summed E-state index contributed by atoms with van der Waals surface area (Å²) in [5.74, 6) is 0.299. The Morgan fingerprint density at radius 2 is 1.83 bits per heavy atom. The van der Waals surface area contributed by atoms with Crippen LogP contribution in [0.4, 0.5) is 0 Å². The summed E-state index contributed by atoms with van der Waals surface area (Å²) < 4.78 is 28.6. The molecular formula is C12H27N3O2S. The zero-order valence-corrected chi connectivity index (χ0v) is 12.6. The first-order valence-corrected chi connectivity index (χ1v) is 8.22. The van der Waals surface area contributed by atoms with Crippen LogP contribution in [0.5, 0.6) is 0 Å². The van der Waals surface area contributed by atoms with Crippen LogP contribution in [0.3, 0.4) is 0 Å². The number of nitrogens with zero attached hydrogens (tertiary/aromatic N) is 1. The van der Waals surface area contributed by atoms with Crippen molar-refractivity contribution in [2.24, 2.45) is 11.7 Å². The third-order valence-electron chi connectivity index (χ3n) is 3.87. The van der Waals surface area contributed by atoms with E-state index in [0.29, 0.717) is 19.0 Å². The Morgan fingerprint density at radius 1 is 1.28 bits per heavy atom. The average Bonchev–Trinajstić information content (AvgIpc) is 2.36. The van der Waals surface area contributed by atoms with E-state index in [1.54, 1.807) is 7.05 Å². The van der Waals surface area contributed by atoms with Gasteiger partial charge in [-0.3, -0.25) is 0 Å². The number of rotatable bonds is 6. The van der Waals surface area contributed by atoms with E-state index < -0.39 is 10.2 Å². The Labute approximate surface area is 111 Å². The Morgan fingerprint density at radius 3 is 2.28 bits per heavy atom. The molecule has 1 saturated carbocycles. The van der Waals surface area contributed by atoms with Crippen LogP contribution in [0.2, 0.25) is 0 Å². The van der Waals surface area contributed by atoms with Crippen LogP contribution in [-0.2, 0) is 10.2 Å². The minimum atomic E-state index is -3.42. The highest BCUT2D eigenvalue weighted by Gasteiger charge is 2.40. The second-order valence-corrected chi connectivity index (χ2v) is 7.49. The molecule has 0 spiro atoms. The summed E-state index contributed by atoms with van der Waals surface area (Å²) in [4.78, 5) is 0. The van der Waals surface area contributed by atoms with E-state index in [-0.39, 0.29) is 5.54 Å². The van der Waals surface area contributed by atoms with E-state index in [0.717, 1.165) is 25.7 Å². The van der Waals surface area contributed by atoms with Crippen molar-refractivity contribution >= 4 is 10.2 Å². The number of hydrogen-bond acceptors (Lipinski definition) is 3. The second kappa shape index (κ2) is 6.32. The van der Waals surface area contributed by atoms with Crippen molar-refractivity contribution in [2.45, 2.75) is 51.5 Å². The molecule has 0 aromatic heterocycles. The van der Waals surface area contributed by atoms with Gasteiger partial charge in [0.1, 0.15) is 0 Å². The summed E-state index contributed by atoms with van der Waals surface area (Å²) in [6.45, 7) is 4.84. The summed E-state index contributed by atoms with van der Waals surface area (Å²) in [5, 5.41) is 0. The standard InChI is InChI=1S/C12H27N3O2S/c1-11(2)9-14-18(16,17)15(3)12(10-13)7-5-4-6-8-12/h11,14H,4-10,13H2,1-3H3. The van der Waals surface area contributed by atoms with Crippen molar-refractivity contribution in [3.8, 4) is 0 Å². The molecule has 3 N–H and O–H groups in total. The molecule has 18 heavy (non-hydrogen) atoms. The van der Waals surface area contributed by atoms with Gasteiger partial charge in [0.15, 0.2) is 0 Å². The molecular weight excluding hydrogens is 250 g/mol. The maximum Gasteiger partial charge on any atom is 0.279 e. The zero-order chi connectivity index (χ0) is 13.8. The lowest BCUT2D eigenvalue weighted by molar-refractivity contribution is 0.157. The predicted molar refractivity (Wildman–Crippen MR) is 74.4 cm³/mol. The SMILES string of the molecule is CC(C)CNS(=O)(=O)N(C)C1(CN)CCCCC1. The quantitative estimate of drug-likeness (QED) is 0.762. The van der Waals surface area contributed by atoms with Crippen LogP contribution < -0.4 is 10.5 Å². The molecule has 0 bridgehead atoms. The third kappa shape index (κ3) is 3.66. The highest BCUT2D eigenvalue weighted by molar-refractivity contribution is 7.87. The lowest BCUT2D eigenvalue weighted by Crippen LogP contribution is -2.58. The molecule has 0 atom stereocenters. The summed E-state index contributed by atoms with van der Waals surface area (Å²) in [7, 11) is -1.77. The highest BCUT2D eigenvalue weighted by Crippen LogP contribution is 2.33. The van der Waals surface area contributed by atoms with E-state index in [2.05, 4.69) is 4.72 Å². The first-order chi connectivity index (χ1) is 8.34. The number of nitrogens with two attached hydrogens (primary N) is 1. The van der Waals surface area contributed by atoms with Crippen molar-refractivity contribution in [3.63, 3.8) is 0 Å². The number of nitrogens with one attached hydrogen (secondary N) is 1. The lowest BCUT2D eigenvalue weighted by atomic mass is 9.82. The fourth-order valence-corrected chi connectivity index (χ4v) is 3.99. The summed E-state index contributed by atoms with van der Waals surface area (Å²) in [6.07, 6.45) is 5.02.